The molecule has 0 saturated carbocycles. The standard InChI is InChI=1S/C12H9BrF3N5O3/c1-6-5-20(11(17)19-6)18-4-7-2-8(13)10(24-12(14,15)16)9(3-7)21(22)23/h2-5H,1H3,(H2,17,19). The number of anilines is 1. The zero-order chi connectivity index (χ0) is 18.1. The molecule has 2 N–H and O–H groups in total. The van der Waals surface area contributed by atoms with E-state index in [9.17, 15) is 23.3 Å². The van der Waals surface area contributed by atoms with Gasteiger partial charge in [-0.25, -0.2) is 9.66 Å². The van der Waals surface area contributed by atoms with Crippen LogP contribution in [0.25, 0.3) is 0 Å². The molecular formula is C12H9BrF3N5O3. The molecule has 0 spiro atoms. The number of benzene rings is 1. The molecule has 24 heavy (non-hydrogen) atoms. The van der Waals surface area contributed by atoms with E-state index in [1.165, 1.54) is 23.2 Å². The van der Waals surface area contributed by atoms with E-state index < -0.39 is 22.7 Å². The lowest BCUT2D eigenvalue weighted by molar-refractivity contribution is -0.388. The van der Waals surface area contributed by atoms with Gasteiger partial charge in [-0.05, 0) is 28.9 Å². The molecule has 1 heterocycles. The minimum absolute atomic E-state index is 0.0920. The summed E-state index contributed by atoms with van der Waals surface area (Å²) in [6.07, 6.45) is -2.37. The summed E-state index contributed by atoms with van der Waals surface area (Å²) < 4.78 is 41.8. The van der Waals surface area contributed by atoms with Crippen molar-refractivity contribution in [3.05, 3.63) is 44.2 Å². The number of nitrogens with zero attached hydrogens (tertiary/aromatic N) is 4. The first-order chi connectivity index (χ1) is 11.1. The largest absolute Gasteiger partial charge is 0.573 e. The van der Waals surface area contributed by atoms with E-state index in [-0.39, 0.29) is 16.0 Å². The first-order valence-electron chi connectivity index (χ1n) is 6.16. The Morgan fingerprint density at radius 3 is 2.67 bits per heavy atom. The van der Waals surface area contributed by atoms with Crippen LogP contribution in [0.4, 0.5) is 24.8 Å². The molecule has 1 aromatic heterocycles. The number of nitrogens with two attached hydrogens (primary N) is 1. The van der Waals surface area contributed by atoms with Crippen LogP contribution in [-0.2, 0) is 0 Å². The van der Waals surface area contributed by atoms with E-state index in [4.69, 9.17) is 5.73 Å². The molecule has 0 saturated heterocycles. The average Bonchev–Trinajstić information content (AvgIpc) is 2.75. The van der Waals surface area contributed by atoms with Gasteiger partial charge in [0.2, 0.25) is 11.7 Å². The second-order valence-corrected chi connectivity index (χ2v) is 5.34. The molecular weight excluding hydrogens is 399 g/mol. The highest BCUT2D eigenvalue weighted by molar-refractivity contribution is 9.10. The summed E-state index contributed by atoms with van der Waals surface area (Å²) in [5, 5.41) is 14.9. The zero-order valence-corrected chi connectivity index (χ0v) is 13.5. The third-order valence-corrected chi connectivity index (χ3v) is 3.22. The van der Waals surface area contributed by atoms with Gasteiger partial charge in [-0.1, -0.05) is 0 Å². The number of imidazole rings is 1. The second-order valence-electron chi connectivity index (χ2n) is 4.49. The highest BCUT2D eigenvalue weighted by Gasteiger charge is 2.36. The topological polar surface area (TPSA) is 109 Å². The van der Waals surface area contributed by atoms with Gasteiger partial charge in [0, 0.05) is 11.6 Å². The summed E-state index contributed by atoms with van der Waals surface area (Å²) in [5.74, 6) is -0.850. The monoisotopic (exact) mass is 407 g/mol. The molecule has 2 rings (SSSR count). The van der Waals surface area contributed by atoms with Crippen molar-refractivity contribution in [3.63, 3.8) is 0 Å². The molecule has 0 aliphatic heterocycles. The van der Waals surface area contributed by atoms with Crippen molar-refractivity contribution in [1.82, 2.24) is 9.66 Å². The summed E-state index contributed by atoms with van der Waals surface area (Å²) in [7, 11) is 0. The molecule has 8 nitrogen and oxygen atoms in total. The molecule has 0 atom stereocenters. The molecule has 0 fully saturated rings. The third kappa shape index (κ3) is 4.22. The van der Waals surface area contributed by atoms with Gasteiger partial charge in [-0.15, -0.1) is 13.2 Å². The smallest absolute Gasteiger partial charge is 0.397 e. The van der Waals surface area contributed by atoms with Gasteiger partial charge in [-0.2, -0.15) is 5.10 Å². The van der Waals surface area contributed by atoms with E-state index in [1.807, 2.05) is 0 Å². The van der Waals surface area contributed by atoms with Gasteiger partial charge in [-0.3, -0.25) is 10.1 Å². The van der Waals surface area contributed by atoms with Crippen LogP contribution in [0, 0.1) is 17.0 Å². The van der Waals surface area contributed by atoms with Crippen LogP contribution in [-0.4, -0.2) is 27.2 Å². The van der Waals surface area contributed by atoms with Crippen molar-refractivity contribution >= 4 is 33.8 Å². The maximum Gasteiger partial charge on any atom is 0.573 e. The quantitative estimate of drug-likeness (QED) is 0.475. The highest BCUT2D eigenvalue weighted by Crippen LogP contribution is 2.39. The predicted molar refractivity (Wildman–Crippen MR) is 81.8 cm³/mol. The van der Waals surface area contributed by atoms with Gasteiger partial charge in [0.25, 0.3) is 0 Å². The summed E-state index contributed by atoms with van der Waals surface area (Å²) in [5.41, 5.74) is 5.48. The van der Waals surface area contributed by atoms with Crippen molar-refractivity contribution in [2.75, 3.05) is 5.73 Å². The van der Waals surface area contributed by atoms with Crippen LogP contribution < -0.4 is 10.5 Å². The number of hydrogen-bond acceptors (Lipinski definition) is 6. The first-order valence-corrected chi connectivity index (χ1v) is 6.95. The van der Waals surface area contributed by atoms with Crippen molar-refractivity contribution in [3.8, 4) is 5.75 Å². The molecule has 128 valence electrons. The molecule has 0 radical (unpaired) electrons. The lowest BCUT2D eigenvalue weighted by Crippen LogP contribution is -2.18. The van der Waals surface area contributed by atoms with Gasteiger partial charge in [0.15, 0.2) is 0 Å². The molecule has 2 aromatic rings. The highest BCUT2D eigenvalue weighted by atomic mass is 79.9. The number of hydrogen-bond donors (Lipinski definition) is 1. The maximum absolute atomic E-state index is 12.4. The molecule has 1 aromatic carbocycles. The van der Waals surface area contributed by atoms with Crippen molar-refractivity contribution in [1.29, 1.82) is 0 Å². The fraction of sp³-hybridized carbons (Fsp3) is 0.167. The summed E-state index contributed by atoms with van der Waals surface area (Å²) in [6, 6.07) is 2.09. The minimum atomic E-state index is -5.06. The van der Waals surface area contributed by atoms with Crippen LogP contribution in [0.2, 0.25) is 0 Å². The number of aryl methyl sites for hydroxylation is 1. The summed E-state index contributed by atoms with van der Waals surface area (Å²) >= 11 is 2.83. The Balaban J connectivity index is 2.42. The zero-order valence-electron chi connectivity index (χ0n) is 11.9. The lowest BCUT2D eigenvalue weighted by atomic mass is 10.2. The maximum atomic E-state index is 12.4. The van der Waals surface area contributed by atoms with Crippen molar-refractivity contribution in [2.24, 2.45) is 5.10 Å². The number of rotatable bonds is 4. The Hall–Kier alpha value is -2.63. The number of nitrogen functional groups attached to an aromatic ring is 1. The fourth-order valence-corrected chi connectivity index (χ4v) is 2.30. The number of alkyl halides is 3. The van der Waals surface area contributed by atoms with E-state index in [0.29, 0.717) is 5.69 Å². The number of ether oxygens (including phenoxy) is 1. The number of nitro groups is 1. The Labute approximate surface area is 141 Å². The number of halogens is 4. The number of nitro benzene ring substituents is 1. The summed E-state index contributed by atoms with van der Waals surface area (Å²) in [6.45, 7) is 1.69. The van der Waals surface area contributed by atoms with Gasteiger partial charge in [0.05, 0.1) is 27.5 Å². The van der Waals surface area contributed by atoms with E-state index >= 15 is 0 Å². The van der Waals surface area contributed by atoms with Crippen LogP contribution in [0.1, 0.15) is 11.3 Å². The fourth-order valence-electron chi connectivity index (χ4n) is 1.75. The SMILES string of the molecule is Cc1cn(N=Cc2cc(Br)c(OC(F)(F)F)c([N+](=O)[O-])c2)c(N)n1. The molecule has 12 heteroatoms. The van der Waals surface area contributed by atoms with Gasteiger partial charge < -0.3 is 10.5 Å². The molecule has 0 unspecified atom stereocenters. The number of aromatic nitrogens is 2. The molecule has 0 aliphatic carbocycles. The Bertz CT molecular complexity index is 819. The Morgan fingerprint density at radius 2 is 2.17 bits per heavy atom. The molecule has 0 bridgehead atoms. The van der Waals surface area contributed by atoms with Crippen LogP contribution in [0.15, 0.2) is 27.9 Å². The van der Waals surface area contributed by atoms with E-state index in [2.05, 4.69) is 30.8 Å². The van der Waals surface area contributed by atoms with E-state index in [0.717, 1.165) is 6.07 Å². The van der Waals surface area contributed by atoms with Gasteiger partial charge in [0.1, 0.15) is 0 Å². The van der Waals surface area contributed by atoms with Gasteiger partial charge >= 0.3 is 12.0 Å². The van der Waals surface area contributed by atoms with Crippen LogP contribution in [0.3, 0.4) is 0 Å². The van der Waals surface area contributed by atoms with Crippen molar-refractivity contribution < 1.29 is 22.8 Å². The van der Waals surface area contributed by atoms with Crippen LogP contribution >= 0.6 is 15.9 Å². The lowest BCUT2D eigenvalue weighted by Gasteiger charge is -2.11. The van der Waals surface area contributed by atoms with Crippen molar-refractivity contribution in [2.45, 2.75) is 13.3 Å². The predicted octanol–water partition coefficient (Wildman–Crippen LogP) is 3.23. The van der Waals surface area contributed by atoms with E-state index in [1.54, 1.807) is 6.92 Å². The summed E-state index contributed by atoms with van der Waals surface area (Å²) in [4.78, 5) is 13.9. The molecule has 0 amide bonds. The van der Waals surface area contributed by atoms with Crippen LogP contribution in [0.5, 0.6) is 5.75 Å². The normalized spacial score (nSPS) is 11.9. The Morgan fingerprint density at radius 1 is 1.50 bits per heavy atom. The third-order valence-electron chi connectivity index (χ3n) is 2.63. The minimum Gasteiger partial charge on any atom is -0.397 e. The Kier molecular flexibility index (Phi) is 4.78. The molecule has 0 aliphatic rings. The average molecular weight is 408 g/mol. The first kappa shape index (κ1) is 17.7. The second kappa shape index (κ2) is 6.47.